The fourth-order valence-electron chi connectivity index (χ4n) is 2.46. The van der Waals surface area contributed by atoms with Crippen LogP contribution >= 0.6 is 0 Å². The largest absolute Gasteiger partial charge is 0.276 e. The molecule has 0 unspecified atom stereocenters. The SMILES string of the molecule is O=[N+]([O-])c1cccc(S(=O)(=O)N/N=C2/CCc3ccccc32)c1. The monoisotopic (exact) mass is 331 g/mol. The number of sulfonamides is 1. The highest BCUT2D eigenvalue weighted by molar-refractivity contribution is 7.89. The predicted octanol–water partition coefficient (Wildman–Crippen LogP) is 2.22. The first-order valence-electron chi connectivity index (χ1n) is 6.88. The Labute approximate surface area is 132 Å². The second-order valence-electron chi connectivity index (χ2n) is 5.06. The van der Waals surface area contributed by atoms with Crippen LogP contribution in [0, 0.1) is 10.1 Å². The van der Waals surface area contributed by atoms with Gasteiger partial charge in [-0.3, -0.25) is 10.1 Å². The molecular formula is C15H13N3O4S. The van der Waals surface area contributed by atoms with Crippen molar-refractivity contribution in [3.63, 3.8) is 0 Å². The third-order valence-corrected chi connectivity index (χ3v) is 4.81. The molecule has 0 aromatic heterocycles. The first-order chi connectivity index (χ1) is 11.0. The maximum Gasteiger partial charge on any atom is 0.276 e. The lowest BCUT2D eigenvalue weighted by Gasteiger charge is -2.05. The zero-order valence-electron chi connectivity index (χ0n) is 12.0. The molecule has 0 saturated carbocycles. The lowest BCUT2D eigenvalue weighted by atomic mass is 10.1. The average Bonchev–Trinajstić information content (AvgIpc) is 2.96. The molecule has 3 rings (SSSR count). The van der Waals surface area contributed by atoms with E-state index in [1.54, 1.807) is 0 Å². The Hall–Kier alpha value is -2.74. The van der Waals surface area contributed by atoms with Gasteiger partial charge in [0, 0.05) is 17.7 Å². The summed E-state index contributed by atoms with van der Waals surface area (Å²) in [7, 11) is -3.95. The molecule has 8 heteroatoms. The molecule has 0 saturated heterocycles. The highest BCUT2D eigenvalue weighted by Gasteiger charge is 2.20. The van der Waals surface area contributed by atoms with E-state index in [4.69, 9.17) is 0 Å². The average molecular weight is 331 g/mol. The van der Waals surface area contributed by atoms with E-state index < -0.39 is 14.9 Å². The number of hydrazone groups is 1. The van der Waals surface area contributed by atoms with E-state index in [2.05, 4.69) is 9.93 Å². The van der Waals surface area contributed by atoms with Crippen LogP contribution in [0.5, 0.6) is 0 Å². The zero-order valence-corrected chi connectivity index (χ0v) is 12.8. The van der Waals surface area contributed by atoms with Crippen LogP contribution in [0.4, 0.5) is 5.69 Å². The highest BCUT2D eigenvalue weighted by atomic mass is 32.2. The summed E-state index contributed by atoms with van der Waals surface area (Å²) < 4.78 is 24.5. The molecule has 2 aromatic carbocycles. The van der Waals surface area contributed by atoms with Gasteiger partial charge in [0.1, 0.15) is 0 Å². The molecule has 0 amide bonds. The molecule has 0 aliphatic heterocycles. The van der Waals surface area contributed by atoms with Gasteiger partial charge in [0.2, 0.25) is 0 Å². The number of aryl methyl sites for hydroxylation is 1. The molecule has 0 radical (unpaired) electrons. The van der Waals surface area contributed by atoms with Crippen LogP contribution in [-0.4, -0.2) is 19.1 Å². The summed E-state index contributed by atoms with van der Waals surface area (Å²) >= 11 is 0. The van der Waals surface area contributed by atoms with Gasteiger partial charge in [-0.1, -0.05) is 30.3 Å². The Kier molecular flexibility index (Phi) is 3.83. The maximum atomic E-state index is 12.2. The summed E-state index contributed by atoms with van der Waals surface area (Å²) in [6.07, 6.45) is 1.46. The summed E-state index contributed by atoms with van der Waals surface area (Å²) in [5.74, 6) is 0. The van der Waals surface area contributed by atoms with Crippen molar-refractivity contribution in [2.75, 3.05) is 0 Å². The van der Waals surface area contributed by atoms with Crippen molar-refractivity contribution in [3.8, 4) is 0 Å². The lowest BCUT2D eigenvalue weighted by molar-refractivity contribution is -0.385. The number of nitrogens with one attached hydrogen (secondary N) is 1. The molecule has 2 aromatic rings. The molecule has 0 atom stereocenters. The summed E-state index contributed by atoms with van der Waals surface area (Å²) in [6.45, 7) is 0. The normalized spacial score (nSPS) is 15.4. The molecule has 118 valence electrons. The molecular weight excluding hydrogens is 318 g/mol. The zero-order chi connectivity index (χ0) is 16.4. The number of benzene rings is 2. The Balaban J connectivity index is 1.87. The van der Waals surface area contributed by atoms with E-state index in [0.717, 1.165) is 23.6 Å². The molecule has 0 heterocycles. The van der Waals surface area contributed by atoms with Crippen LogP contribution in [-0.2, 0) is 16.4 Å². The van der Waals surface area contributed by atoms with Gasteiger partial charge in [-0.2, -0.15) is 18.4 Å². The number of fused-ring (bicyclic) bond motifs is 1. The van der Waals surface area contributed by atoms with Gasteiger partial charge in [0.15, 0.2) is 0 Å². The van der Waals surface area contributed by atoms with Crippen molar-refractivity contribution in [3.05, 3.63) is 69.8 Å². The van der Waals surface area contributed by atoms with E-state index in [-0.39, 0.29) is 10.6 Å². The molecule has 7 nitrogen and oxygen atoms in total. The van der Waals surface area contributed by atoms with Crippen molar-refractivity contribution < 1.29 is 13.3 Å². The Bertz CT molecular complexity index is 906. The number of non-ortho nitro benzene ring substituents is 1. The lowest BCUT2D eigenvalue weighted by Crippen LogP contribution is -2.20. The molecule has 0 fully saturated rings. The smallest absolute Gasteiger partial charge is 0.258 e. The number of nitrogens with zero attached hydrogens (tertiary/aromatic N) is 2. The van der Waals surface area contributed by atoms with Crippen molar-refractivity contribution in [1.82, 2.24) is 4.83 Å². The van der Waals surface area contributed by atoms with E-state index in [1.165, 1.54) is 18.2 Å². The number of hydrogen-bond acceptors (Lipinski definition) is 5. The van der Waals surface area contributed by atoms with Gasteiger partial charge in [-0.05, 0) is 24.5 Å². The summed E-state index contributed by atoms with van der Waals surface area (Å²) in [4.78, 5) is 12.1. The van der Waals surface area contributed by atoms with Gasteiger partial charge in [0.25, 0.3) is 15.7 Å². The fourth-order valence-corrected chi connectivity index (χ4v) is 3.33. The van der Waals surface area contributed by atoms with Gasteiger partial charge >= 0.3 is 0 Å². The van der Waals surface area contributed by atoms with Crippen molar-refractivity contribution >= 4 is 21.4 Å². The van der Waals surface area contributed by atoms with E-state index >= 15 is 0 Å². The Morgan fingerprint density at radius 2 is 1.87 bits per heavy atom. The van der Waals surface area contributed by atoms with Crippen molar-refractivity contribution in [2.45, 2.75) is 17.7 Å². The van der Waals surface area contributed by atoms with Crippen LogP contribution in [0.3, 0.4) is 0 Å². The third-order valence-electron chi connectivity index (χ3n) is 3.60. The van der Waals surface area contributed by atoms with Gasteiger partial charge in [-0.15, -0.1) is 0 Å². The first kappa shape index (κ1) is 15.2. The number of nitro groups is 1. The first-order valence-corrected chi connectivity index (χ1v) is 8.37. The fraction of sp³-hybridized carbons (Fsp3) is 0.133. The summed E-state index contributed by atoms with van der Waals surface area (Å²) in [5, 5.41) is 14.7. The van der Waals surface area contributed by atoms with Crippen LogP contribution in [0.25, 0.3) is 0 Å². The van der Waals surface area contributed by atoms with Crippen LogP contribution < -0.4 is 4.83 Å². The van der Waals surface area contributed by atoms with Gasteiger partial charge < -0.3 is 0 Å². The quantitative estimate of drug-likeness (QED) is 0.685. The van der Waals surface area contributed by atoms with E-state index in [1.807, 2.05) is 24.3 Å². The Morgan fingerprint density at radius 3 is 2.65 bits per heavy atom. The minimum Gasteiger partial charge on any atom is -0.258 e. The maximum absolute atomic E-state index is 12.2. The molecule has 1 aliphatic carbocycles. The van der Waals surface area contributed by atoms with Gasteiger partial charge in [-0.25, -0.2) is 0 Å². The van der Waals surface area contributed by atoms with Crippen molar-refractivity contribution in [1.29, 1.82) is 0 Å². The number of hydrogen-bond donors (Lipinski definition) is 1. The van der Waals surface area contributed by atoms with E-state index in [9.17, 15) is 18.5 Å². The van der Waals surface area contributed by atoms with Gasteiger partial charge in [0.05, 0.1) is 15.5 Å². The third kappa shape index (κ3) is 3.07. The van der Waals surface area contributed by atoms with E-state index in [0.29, 0.717) is 12.1 Å². The number of rotatable bonds is 4. The van der Waals surface area contributed by atoms with Crippen LogP contribution in [0.1, 0.15) is 17.5 Å². The summed E-state index contributed by atoms with van der Waals surface area (Å²) in [6, 6.07) is 12.5. The van der Waals surface area contributed by atoms with Crippen LogP contribution in [0.15, 0.2) is 58.5 Å². The standard InChI is InChI=1S/C15H13N3O4S/c19-18(20)12-5-3-6-13(10-12)23(21,22)17-16-15-9-8-11-4-1-2-7-14(11)15/h1-7,10,17H,8-9H2/b16-15-. The second-order valence-corrected chi connectivity index (χ2v) is 6.73. The van der Waals surface area contributed by atoms with Crippen LogP contribution in [0.2, 0.25) is 0 Å². The molecule has 0 spiro atoms. The molecule has 0 bridgehead atoms. The van der Waals surface area contributed by atoms with Crippen molar-refractivity contribution in [2.24, 2.45) is 5.10 Å². The second kappa shape index (κ2) is 5.81. The highest BCUT2D eigenvalue weighted by Crippen LogP contribution is 2.22. The minimum atomic E-state index is -3.95. The Morgan fingerprint density at radius 1 is 1.09 bits per heavy atom. The molecule has 1 aliphatic rings. The number of nitro benzene ring substituents is 1. The predicted molar refractivity (Wildman–Crippen MR) is 84.7 cm³/mol. The summed E-state index contributed by atoms with van der Waals surface area (Å²) in [5.41, 5.74) is 2.43. The molecule has 23 heavy (non-hydrogen) atoms. The minimum absolute atomic E-state index is 0.192. The topological polar surface area (TPSA) is 102 Å². The molecule has 1 N–H and O–H groups in total.